The highest BCUT2D eigenvalue weighted by atomic mass is 16.7. The van der Waals surface area contributed by atoms with Crippen molar-refractivity contribution in [1.29, 1.82) is 0 Å². The minimum Gasteiger partial charge on any atom is -0.454 e. The minimum atomic E-state index is 0.329. The number of benzene rings is 1. The highest BCUT2D eigenvalue weighted by molar-refractivity contribution is 5.56. The number of fused-ring (bicyclic) bond motifs is 1. The molecule has 0 amide bonds. The van der Waals surface area contributed by atoms with Crippen LogP contribution in [0.5, 0.6) is 11.5 Å². The first kappa shape index (κ1) is 15.6. The lowest BCUT2D eigenvalue weighted by atomic mass is 10.1. The Morgan fingerprint density at radius 2 is 1.62 bits per heavy atom. The molecule has 0 saturated carbocycles. The normalized spacial score (nSPS) is 13.0. The first-order valence-corrected chi connectivity index (χ1v) is 7.90. The van der Waals surface area contributed by atoms with Gasteiger partial charge >= 0.3 is 0 Å². The highest BCUT2D eigenvalue weighted by Crippen LogP contribution is 2.32. The summed E-state index contributed by atoms with van der Waals surface area (Å²) in [6.45, 7) is 0.329. The summed E-state index contributed by atoms with van der Waals surface area (Å²) in [6.07, 6.45) is 14.5. The van der Waals surface area contributed by atoms with Gasteiger partial charge < -0.3 is 14.3 Å². The van der Waals surface area contributed by atoms with E-state index in [0.29, 0.717) is 6.79 Å². The second-order valence-electron chi connectivity index (χ2n) is 5.38. The molecule has 0 radical (unpaired) electrons. The van der Waals surface area contributed by atoms with Crippen LogP contribution >= 0.6 is 0 Å². The van der Waals surface area contributed by atoms with Gasteiger partial charge in [0.15, 0.2) is 11.5 Å². The van der Waals surface area contributed by atoms with E-state index in [1.807, 2.05) is 12.1 Å². The summed E-state index contributed by atoms with van der Waals surface area (Å²) >= 11 is 0. The molecule has 1 aromatic rings. The van der Waals surface area contributed by atoms with Crippen molar-refractivity contribution in [3.05, 3.63) is 29.8 Å². The molecule has 1 aliphatic heterocycles. The number of hydrogen-bond donors (Lipinski definition) is 0. The van der Waals surface area contributed by atoms with Gasteiger partial charge in [0.25, 0.3) is 0 Å². The Morgan fingerprint density at radius 3 is 2.43 bits per heavy atom. The van der Waals surface area contributed by atoms with Crippen molar-refractivity contribution in [3.63, 3.8) is 0 Å². The van der Waals surface area contributed by atoms with E-state index in [1.54, 1.807) is 0 Å². The van der Waals surface area contributed by atoms with Crippen molar-refractivity contribution in [2.45, 2.75) is 51.4 Å². The molecule has 3 nitrogen and oxygen atoms in total. The Morgan fingerprint density at radius 1 is 0.905 bits per heavy atom. The lowest BCUT2D eigenvalue weighted by Crippen LogP contribution is -1.92. The Labute approximate surface area is 127 Å². The highest BCUT2D eigenvalue weighted by Gasteiger charge is 2.11. The van der Waals surface area contributed by atoms with Crippen LogP contribution in [0.15, 0.2) is 24.3 Å². The van der Waals surface area contributed by atoms with E-state index in [0.717, 1.165) is 42.6 Å². The third-order valence-corrected chi connectivity index (χ3v) is 3.65. The first-order chi connectivity index (χ1) is 10.4. The number of carbonyl (C=O) groups excluding carboxylic acids is 1. The van der Waals surface area contributed by atoms with Gasteiger partial charge in [0.1, 0.15) is 6.29 Å². The van der Waals surface area contributed by atoms with Crippen LogP contribution in [0.25, 0.3) is 6.08 Å². The van der Waals surface area contributed by atoms with Crippen LogP contribution in [0.1, 0.15) is 56.9 Å². The van der Waals surface area contributed by atoms with Crippen molar-refractivity contribution in [3.8, 4) is 11.5 Å². The molecule has 0 spiro atoms. The van der Waals surface area contributed by atoms with Crippen LogP contribution in [0.4, 0.5) is 0 Å². The molecule has 0 unspecified atom stereocenters. The van der Waals surface area contributed by atoms with E-state index in [1.165, 1.54) is 32.1 Å². The lowest BCUT2D eigenvalue weighted by molar-refractivity contribution is -0.107. The molecule has 0 bridgehead atoms. The predicted octanol–water partition coefficient (Wildman–Crippen LogP) is 4.75. The molecule has 1 aliphatic rings. The van der Waals surface area contributed by atoms with Gasteiger partial charge in [0.05, 0.1) is 0 Å². The maximum atomic E-state index is 10.2. The first-order valence-electron chi connectivity index (χ1n) is 7.90. The van der Waals surface area contributed by atoms with Gasteiger partial charge in [-0.2, -0.15) is 0 Å². The van der Waals surface area contributed by atoms with Crippen molar-refractivity contribution in [2.24, 2.45) is 0 Å². The fourth-order valence-electron chi connectivity index (χ4n) is 2.43. The summed E-state index contributed by atoms with van der Waals surface area (Å²) < 4.78 is 10.7. The Hall–Kier alpha value is -1.77. The van der Waals surface area contributed by atoms with E-state index in [9.17, 15) is 4.79 Å². The number of unbranched alkanes of at least 4 members (excludes halogenated alkanes) is 7. The number of hydrogen-bond acceptors (Lipinski definition) is 3. The Kier molecular flexibility index (Phi) is 6.85. The summed E-state index contributed by atoms with van der Waals surface area (Å²) in [5.41, 5.74) is 1.16. The van der Waals surface area contributed by atoms with E-state index >= 15 is 0 Å². The Bertz CT molecular complexity index is 466. The molecule has 1 aromatic carbocycles. The number of ether oxygens (including phenoxy) is 2. The van der Waals surface area contributed by atoms with Crippen LogP contribution < -0.4 is 9.47 Å². The molecular weight excluding hydrogens is 264 g/mol. The SMILES string of the molecule is O=CCCCCCCCC/C=C/c1ccc2c(c1)OCO2. The summed E-state index contributed by atoms with van der Waals surface area (Å²) in [5, 5.41) is 0. The smallest absolute Gasteiger partial charge is 0.231 e. The topological polar surface area (TPSA) is 35.5 Å². The van der Waals surface area contributed by atoms with Gasteiger partial charge in [0.2, 0.25) is 6.79 Å². The maximum absolute atomic E-state index is 10.2. The molecule has 0 N–H and O–H groups in total. The second-order valence-corrected chi connectivity index (χ2v) is 5.38. The predicted molar refractivity (Wildman–Crippen MR) is 84.6 cm³/mol. The summed E-state index contributed by atoms with van der Waals surface area (Å²) in [5.74, 6) is 1.68. The monoisotopic (exact) mass is 288 g/mol. The van der Waals surface area contributed by atoms with Crippen molar-refractivity contribution < 1.29 is 14.3 Å². The summed E-state index contributed by atoms with van der Waals surface area (Å²) in [7, 11) is 0. The quantitative estimate of drug-likeness (QED) is 0.460. The zero-order valence-electron chi connectivity index (χ0n) is 12.6. The second kappa shape index (κ2) is 9.22. The number of rotatable bonds is 10. The third kappa shape index (κ3) is 5.62. The lowest BCUT2D eigenvalue weighted by Gasteiger charge is -1.99. The average molecular weight is 288 g/mol. The summed E-state index contributed by atoms with van der Waals surface area (Å²) in [4.78, 5) is 10.2. The van der Waals surface area contributed by atoms with Gasteiger partial charge in [0, 0.05) is 6.42 Å². The zero-order valence-corrected chi connectivity index (χ0v) is 12.6. The molecule has 0 atom stereocenters. The van der Waals surface area contributed by atoms with Gasteiger partial charge in [-0.05, 0) is 37.0 Å². The Balaban J connectivity index is 1.55. The molecule has 0 aliphatic carbocycles. The number of aldehydes is 1. The van der Waals surface area contributed by atoms with E-state index in [4.69, 9.17) is 9.47 Å². The minimum absolute atomic E-state index is 0.329. The maximum Gasteiger partial charge on any atom is 0.231 e. The standard InChI is InChI=1S/C18H24O3/c19-13-9-7-5-3-1-2-4-6-8-10-16-11-12-17-18(14-16)21-15-20-17/h8,10-14H,1-7,9,15H2/b10-8+. The summed E-state index contributed by atoms with van der Waals surface area (Å²) in [6, 6.07) is 6.03. The van der Waals surface area contributed by atoms with Gasteiger partial charge in [-0.1, -0.05) is 43.9 Å². The van der Waals surface area contributed by atoms with Crippen molar-refractivity contribution in [2.75, 3.05) is 6.79 Å². The molecule has 21 heavy (non-hydrogen) atoms. The molecule has 114 valence electrons. The molecule has 2 rings (SSSR count). The molecular formula is C18H24O3. The number of carbonyl (C=O) groups is 1. The average Bonchev–Trinajstić information content (AvgIpc) is 2.97. The van der Waals surface area contributed by atoms with Crippen LogP contribution in [0.2, 0.25) is 0 Å². The van der Waals surface area contributed by atoms with E-state index < -0.39 is 0 Å². The van der Waals surface area contributed by atoms with Gasteiger partial charge in [-0.25, -0.2) is 0 Å². The van der Waals surface area contributed by atoms with Crippen LogP contribution in [0.3, 0.4) is 0 Å². The van der Waals surface area contributed by atoms with Gasteiger partial charge in [-0.15, -0.1) is 0 Å². The molecule has 1 heterocycles. The fourth-order valence-corrected chi connectivity index (χ4v) is 2.43. The molecule has 3 heteroatoms. The number of allylic oxidation sites excluding steroid dienone is 1. The van der Waals surface area contributed by atoms with Crippen LogP contribution in [-0.2, 0) is 4.79 Å². The molecule has 0 aromatic heterocycles. The van der Waals surface area contributed by atoms with Crippen molar-refractivity contribution in [1.82, 2.24) is 0 Å². The van der Waals surface area contributed by atoms with Crippen LogP contribution in [0, 0.1) is 0 Å². The van der Waals surface area contributed by atoms with E-state index in [-0.39, 0.29) is 0 Å². The van der Waals surface area contributed by atoms with Crippen molar-refractivity contribution >= 4 is 12.4 Å². The fraction of sp³-hybridized carbons (Fsp3) is 0.500. The van der Waals surface area contributed by atoms with Gasteiger partial charge in [-0.3, -0.25) is 0 Å². The van der Waals surface area contributed by atoms with E-state index in [2.05, 4.69) is 18.2 Å². The molecule has 0 saturated heterocycles. The largest absolute Gasteiger partial charge is 0.454 e. The molecule has 0 fully saturated rings. The van der Waals surface area contributed by atoms with Crippen LogP contribution in [-0.4, -0.2) is 13.1 Å². The third-order valence-electron chi connectivity index (χ3n) is 3.65. The zero-order chi connectivity index (χ0) is 14.8.